The molecule has 2 aliphatic rings. The minimum atomic E-state index is -3.68. The smallest absolute Gasteiger partial charge is 0.183 e. The van der Waals surface area contributed by atoms with Gasteiger partial charge in [0.05, 0.1) is 21.7 Å². The van der Waals surface area contributed by atoms with E-state index in [4.69, 9.17) is 0 Å². The zero-order valence-electron chi connectivity index (χ0n) is 15.6. The lowest BCUT2D eigenvalue weighted by Gasteiger charge is -2.22. The van der Waals surface area contributed by atoms with Crippen LogP contribution in [0.25, 0.3) is 0 Å². The molecule has 1 aromatic rings. The summed E-state index contributed by atoms with van der Waals surface area (Å²) in [6, 6.07) is 4.82. The average molecular weight is 400 g/mol. The Bertz CT molecular complexity index is 860. The lowest BCUT2D eigenvalue weighted by molar-refractivity contribution is 0.483. The van der Waals surface area contributed by atoms with Gasteiger partial charge < -0.3 is 5.32 Å². The molecule has 0 radical (unpaired) electrons. The first-order chi connectivity index (χ1) is 12.2. The minimum absolute atomic E-state index is 0.0973. The van der Waals surface area contributed by atoms with Gasteiger partial charge in [-0.15, -0.1) is 0 Å². The summed E-state index contributed by atoms with van der Waals surface area (Å²) < 4.78 is 50.7. The Morgan fingerprint density at radius 3 is 2.50 bits per heavy atom. The monoisotopic (exact) mass is 399 g/mol. The average Bonchev–Trinajstić information content (AvgIpc) is 2.89. The van der Waals surface area contributed by atoms with Crippen LogP contribution in [0.2, 0.25) is 0 Å². The van der Waals surface area contributed by atoms with Gasteiger partial charge in [0.2, 0.25) is 0 Å². The second-order valence-corrected chi connectivity index (χ2v) is 12.4. The molecule has 0 spiro atoms. The zero-order valence-corrected chi connectivity index (χ0v) is 17.2. The van der Waals surface area contributed by atoms with Crippen molar-refractivity contribution in [2.45, 2.75) is 62.1 Å². The Balaban J connectivity index is 1.86. The van der Waals surface area contributed by atoms with Gasteiger partial charge in [0.15, 0.2) is 19.7 Å². The third-order valence-corrected chi connectivity index (χ3v) is 9.62. The topological polar surface area (TPSA) is 80.3 Å². The number of fused-ring (bicyclic) bond motifs is 1. The van der Waals surface area contributed by atoms with E-state index in [1.807, 2.05) is 6.07 Å². The van der Waals surface area contributed by atoms with Crippen molar-refractivity contribution in [1.82, 2.24) is 5.32 Å². The van der Waals surface area contributed by atoms with E-state index in [0.29, 0.717) is 12.5 Å². The van der Waals surface area contributed by atoms with Crippen molar-refractivity contribution < 1.29 is 16.8 Å². The molecular formula is C19H29NO4S2. The second kappa shape index (κ2) is 7.60. The fourth-order valence-corrected chi connectivity index (χ4v) is 8.70. The maximum atomic E-state index is 13.2. The Hall–Kier alpha value is -0.920. The van der Waals surface area contributed by atoms with Crippen LogP contribution in [0.3, 0.4) is 0 Å². The third kappa shape index (κ3) is 4.31. The van der Waals surface area contributed by atoms with E-state index < -0.39 is 31.0 Å². The molecule has 1 saturated heterocycles. The predicted octanol–water partition coefficient (Wildman–Crippen LogP) is 2.14. The Morgan fingerprint density at radius 1 is 1.12 bits per heavy atom. The first-order valence-electron chi connectivity index (χ1n) is 9.48. The van der Waals surface area contributed by atoms with Crippen LogP contribution in [0.5, 0.6) is 0 Å². The third-order valence-electron chi connectivity index (χ3n) is 5.48. The molecule has 0 bridgehead atoms. The quantitative estimate of drug-likeness (QED) is 0.793. The van der Waals surface area contributed by atoms with Gasteiger partial charge in [-0.05, 0) is 67.8 Å². The number of nitrogens with one attached hydrogen (secondary N) is 1. The van der Waals surface area contributed by atoms with E-state index in [1.54, 1.807) is 12.1 Å². The van der Waals surface area contributed by atoms with Crippen LogP contribution in [0.1, 0.15) is 44.2 Å². The highest BCUT2D eigenvalue weighted by atomic mass is 32.2. The fraction of sp³-hybridized carbons (Fsp3) is 0.684. The number of rotatable bonds is 6. The van der Waals surface area contributed by atoms with Gasteiger partial charge in [-0.2, -0.15) is 0 Å². The van der Waals surface area contributed by atoms with Crippen LogP contribution >= 0.6 is 0 Å². The van der Waals surface area contributed by atoms with E-state index in [0.717, 1.165) is 37.7 Å². The molecule has 146 valence electrons. The van der Waals surface area contributed by atoms with Gasteiger partial charge in [-0.25, -0.2) is 16.8 Å². The molecule has 0 amide bonds. The van der Waals surface area contributed by atoms with E-state index in [9.17, 15) is 16.8 Å². The SMILES string of the molecule is CC(C)CCN[C@H]1CS(=O)(=O)C[C@@H]1S(=O)(=O)c1ccc2c(c1)CCCC2. The van der Waals surface area contributed by atoms with Gasteiger partial charge in [0.25, 0.3) is 0 Å². The summed E-state index contributed by atoms with van der Waals surface area (Å²) in [5.74, 6) is 0.0994. The molecule has 0 saturated carbocycles. The summed E-state index contributed by atoms with van der Waals surface area (Å²) in [4.78, 5) is 0.274. The van der Waals surface area contributed by atoms with Crippen LogP contribution < -0.4 is 5.32 Å². The van der Waals surface area contributed by atoms with Crippen molar-refractivity contribution in [2.24, 2.45) is 5.92 Å². The molecule has 7 heteroatoms. The van der Waals surface area contributed by atoms with Crippen LogP contribution in [0.15, 0.2) is 23.1 Å². The molecule has 1 fully saturated rings. The lowest BCUT2D eigenvalue weighted by atomic mass is 9.92. The first kappa shape index (κ1) is 19.8. The van der Waals surface area contributed by atoms with Crippen molar-refractivity contribution in [3.63, 3.8) is 0 Å². The zero-order chi connectivity index (χ0) is 18.9. The standard InChI is InChI=1S/C19H29NO4S2/c1-14(2)9-10-20-18-12-25(21,22)13-19(18)26(23,24)17-8-7-15-5-3-4-6-16(15)11-17/h7-8,11,14,18-20H,3-6,9-10,12-13H2,1-2H3/t18-,19-/m0/s1. The highest BCUT2D eigenvalue weighted by Crippen LogP contribution is 2.29. The molecular weight excluding hydrogens is 370 g/mol. The Kier molecular flexibility index (Phi) is 5.80. The van der Waals surface area contributed by atoms with Gasteiger partial charge >= 0.3 is 0 Å². The van der Waals surface area contributed by atoms with Crippen molar-refractivity contribution in [3.8, 4) is 0 Å². The molecule has 0 aromatic heterocycles. The number of hydrogen-bond acceptors (Lipinski definition) is 5. The molecule has 26 heavy (non-hydrogen) atoms. The molecule has 0 unspecified atom stereocenters. The minimum Gasteiger partial charge on any atom is -0.312 e. The highest BCUT2D eigenvalue weighted by molar-refractivity contribution is 7.96. The first-order valence-corrected chi connectivity index (χ1v) is 12.9. The maximum absolute atomic E-state index is 13.2. The molecule has 1 N–H and O–H groups in total. The largest absolute Gasteiger partial charge is 0.312 e. The normalized spacial score (nSPS) is 25.3. The summed E-state index contributed by atoms with van der Waals surface area (Å²) in [5.41, 5.74) is 2.32. The van der Waals surface area contributed by atoms with Gasteiger partial charge in [-0.1, -0.05) is 19.9 Å². The Morgan fingerprint density at radius 2 is 1.81 bits per heavy atom. The van der Waals surface area contributed by atoms with E-state index in [-0.39, 0.29) is 16.4 Å². The second-order valence-electron chi connectivity index (χ2n) is 8.04. The Labute approximate surface area is 157 Å². The highest BCUT2D eigenvalue weighted by Gasteiger charge is 2.45. The molecule has 3 rings (SSSR count). The summed E-state index contributed by atoms with van der Waals surface area (Å²) in [6.45, 7) is 4.82. The van der Waals surface area contributed by atoms with Crippen molar-refractivity contribution in [1.29, 1.82) is 0 Å². The van der Waals surface area contributed by atoms with Gasteiger partial charge in [-0.3, -0.25) is 0 Å². The summed E-state index contributed by atoms with van der Waals surface area (Å²) >= 11 is 0. The fourth-order valence-electron chi connectivity index (χ4n) is 3.93. The van der Waals surface area contributed by atoms with Crippen LogP contribution in [0.4, 0.5) is 0 Å². The van der Waals surface area contributed by atoms with E-state index in [2.05, 4.69) is 19.2 Å². The van der Waals surface area contributed by atoms with Crippen molar-refractivity contribution in [3.05, 3.63) is 29.3 Å². The van der Waals surface area contributed by atoms with Crippen LogP contribution in [-0.2, 0) is 32.5 Å². The lowest BCUT2D eigenvalue weighted by Crippen LogP contribution is -2.43. The van der Waals surface area contributed by atoms with Gasteiger partial charge in [0, 0.05) is 6.04 Å². The molecule has 1 aliphatic heterocycles. The number of sulfone groups is 2. The predicted molar refractivity (Wildman–Crippen MR) is 104 cm³/mol. The maximum Gasteiger partial charge on any atom is 0.183 e. The summed E-state index contributed by atoms with van der Waals surface area (Å²) in [6.07, 6.45) is 5.00. The molecule has 1 aromatic carbocycles. The number of hydrogen-bond donors (Lipinski definition) is 1. The van der Waals surface area contributed by atoms with Crippen molar-refractivity contribution in [2.75, 3.05) is 18.1 Å². The molecule has 1 aliphatic carbocycles. The van der Waals surface area contributed by atoms with Crippen molar-refractivity contribution >= 4 is 19.7 Å². The van der Waals surface area contributed by atoms with Crippen LogP contribution in [0, 0.1) is 5.92 Å². The van der Waals surface area contributed by atoms with Crippen LogP contribution in [-0.4, -0.2) is 46.2 Å². The molecule has 1 heterocycles. The molecule has 5 nitrogen and oxygen atoms in total. The molecule has 2 atom stereocenters. The summed E-state index contributed by atoms with van der Waals surface area (Å²) in [7, 11) is -7.03. The summed E-state index contributed by atoms with van der Waals surface area (Å²) in [5, 5.41) is 2.30. The van der Waals surface area contributed by atoms with Gasteiger partial charge in [0.1, 0.15) is 0 Å². The number of aryl methyl sites for hydroxylation is 2. The van der Waals surface area contributed by atoms with E-state index in [1.165, 1.54) is 5.56 Å². The van der Waals surface area contributed by atoms with E-state index >= 15 is 0 Å². The number of benzene rings is 1.